The SMILES string of the molecule is CCCOC(=O)NC(CC(=O)O)C(=O)O. The van der Waals surface area contributed by atoms with Crippen molar-refractivity contribution in [1.29, 1.82) is 0 Å². The van der Waals surface area contributed by atoms with Crippen LogP contribution in [0, 0.1) is 0 Å². The minimum atomic E-state index is -1.47. The van der Waals surface area contributed by atoms with E-state index in [-0.39, 0.29) is 6.61 Å². The molecule has 1 unspecified atom stereocenters. The van der Waals surface area contributed by atoms with E-state index in [1.807, 2.05) is 5.32 Å². The lowest BCUT2D eigenvalue weighted by Gasteiger charge is -2.11. The van der Waals surface area contributed by atoms with Gasteiger partial charge in [0.1, 0.15) is 6.04 Å². The summed E-state index contributed by atoms with van der Waals surface area (Å²) in [5.74, 6) is -2.72. The van der Waals surface area contributed by atoms with Crippen molar-refractivity contribution in [3.05, 3.63) is 0 Å². The molecule has 0 aromatic carbocycles. The Balaban J connectivity index is 4.10. The van der Waals surface area contributed by atoms with E-state index >= 15 is 0 Å². The molecular formula is C8H13NO6. The van der Waals surface area contributed by atoms with Crippen molar-refractivity contribution in [2.75, 3.05) is 6.61 Å². The molecule has 7 heteroatoms. The number of rotatable bonds is 6. The molecule has 0 spiro atoms. The monoisotopic (exact) mass is 219 g/mol. The van der Waals surface area contributed by atoms with Gasteiger partial charge in [0.05, 0.1) is 13.0 Å². The van der Waals surface area contributed by atoms with Crippen LogP contribution >= 0.6 is 0 Å². The number of carboxylic acid groups (broad SMARTS) is 2. The molecule has 0 aliphatic carbocycles. The van der Waals surface area contributed by atoms with Crippen molar-refractivity contribution in [1.82, 2.24) is 5.32 Å². The fraction of sp³-hybridized carbons (Fsp3) is 0.625. The van der Waals surface area contributed by atoms with Gasteiger partial charge in [-0.25, -0.2) is 9.59 Å². The first kappa shape index (κ1) is 13.2. The summed E-state index contributed by atoms with van der Waals surface area (Å²) in [6.45, 7) is 1.93. The summed E-state index contributed by atoms with van der Waals surface area (Å²) in [6.07, 6.45) is -1.01. The molecule has 0 heterocycles. The molecule has 0 bridgehead atoms. The molecule has 1 amide bonds. The molecule has 0 saturated heterocycles. The normalized spacial score (nSPS) is 11.5. The van der Waals surface area contributed by atoms with Gasteiger partial charge in [-0.1, -0.05) is 6.92 Å². The van der Waals surface area contributed by atoms with Crippen LogP contribution in [0.3, 0.4) is 0 Å². The number of alkyl carbamates (subject to hydrolysis) is 1. The lowest BCUT2D eigenvalue weighted by atomic mass is 10.2. The molecule has 7 nitrogen and oxygen atoms in total. The summed E-state index contributed by atoms with van der Waals surface area (Å²) >= 11 is 0. The first-order valence-corrected chi connectivity index (χ1v) is 4.35. The minimum Gasteiger partial charge on any atom is -0.481 e. The van der Waals surface area contributed by atoms with Crippen molar-refractivity contribution in [3.63, 3.8) is 0 Å². The molecule has 15 heavy (non-hydrogen) atoms. The van der Waals surface area contributed by atoms with Gasteiger partial charge in [0.2, 0.25) is 0 Å². The molecule has 1 atom stereocenters. The fourth-order valence-corrected chi connectivity index (χ4v) is 0.753. The topological polar surface area (TPSA) is 113 Å². The van der Waals surface area contributed by atoms with Crippen molar-refractivity contribution in [2.24, 2.45) is 0 Å². The largest absolute Gasteiger partial charge is 0.481 e. The highest BCUT2D eigenvalue weighted by molar-refractivity contribution is 5.84. The average molecular weight is 219 g/mol. The summed E-state index contributed by atoms with van der Waals surface area (Å²) in [5, 5.41) is 18.9. The summed E-state index contributed by atoms with van der Waals surface area (Å²) in [4.78, 5) is 31.7. The number of nitrogens with one attached hydrogen (secondary N) is 1. The third-order valence-electron chi connectivity index (χ3n) is 1.41. The van der Waals surface area contributed by atoms with Crippen LogP contribution in [-0.4, -0.2) is 40.9 Å². The summed E-state index contributed by atoms with van der Waals surface area (Å²) in [7, 11) is 0. The minimum absolute atomic E-state index is 0.158. The van der Waals surface area contributed by atoms with E-state index in [0.717, 1.165) is 0 Å². The summed E-state index contributed by atoms with van der Waals surface area (Å²) < 4.78 is 4.55. The molecule has 3 N–H and O–H groups in total. The zero-order valence-electron chi connectivity index (χ0n) is 8.23. The highest BCUT2D eigenvalue weighted by Gasteiger charge is 2.23. The molecule has 0 saturated carbocycles. The van der Waals surface area contributed by atoms with Gasteiger partial charge >= 0.3 is 18.0 Å². The van der Waals surface area contributed by atoms with Crippen LogP contribution in [0.15, 0.2) is 0 Å². The Morgan fingerprint density at radius 2 is 1.93 bits per heavy atom. The predicted molar refractivity (Wildman–Crippen MR) is 48.5 cm³/mol. The molecule has 86 valence electrons. The number of amides is 1. The van der Waals surface area contributed by atoms with E-state index in [2.05, 4.69) is 4.74 Å². The van der Waals surface area contributed by atoms with Crippen LogP contribution in [0.1, 0.15) is 19.8 Å². The van der Waals surface area contributed by atoms with Crippen molar-refractivity contribution in [3.8, 4) is 0 Å². The zero-order valence-corrected chi connectivity index (χ0v) is 8.23. The first-order chi connectivity index (χ1) is 6.97. The van der Waals surface area contributed by atoms with E-state index in [9.17, 15) is 14.4 Å². The van der Waals surface area contributed by atoms with Gasteiger partial charge in [0, 0.05) is 0 Å². The lowest BCUT2D eigenvalue weighted by molar-refractivity contribution is -0.145. The second-order valence-electron chi connectivity index (χ2n) is 2.77. The summed E-state index contributed by atoms with van der Waals surface area (Å²) in [6, 6.07) is -1.47. The van der Waals surface area contributed by atoms with E-state index in [0.29, 0.717) is 6.42 Å². The predicted octanol–water partition coefficient (Wildman–Crippen LogP) is 0.0505. The van der Waals surface area contributed by atoms with Gasteiger partial charge in [-0.2, -0.15) is 0 Å². The Labute approximate surface area is 86.0 Å². The van der Waals surface area contributed by atoms with E-state index < -0.39 is 30.5 Å². The molecule has 0 aromatic rings. The van der Waals surface area contributed by atoms with E-state index in [1.54, 1.807) is 6.92 Å². The maximum Gasteiger partial charge on any atom is 0.407 e. The Bertz CT molecular complexity index is 252. The Kier molecular flexibility index (Phi) is 5.84. The quantitative estimate of drug-likeness (QED) is 0.581. The van der Waals surface area contributed by atoms with Crippen LogP contribution < -0.4 is 5.32 Å². The van der Waals surface area contributed by atoms with Gasteiger partial charge in [0.15, 0.2) is 0 Å². The Morgan fingerprint density at radius 3 is 2.33 bits per heavy atom. The Hall–Kier alpha value is -1.79. The summed E-state index contributed by atoms with van der Waals surface area (Å²) in [5.41, 5.74) is 0. The molecular weight excluding hydrogens is 206 g/mol. The molecule has 0 radical (unpaired) electrons. The smallest absolute Gasteiger partial charge is 0.407 e. The first-order valence-electron chi connectivity index (χ1n) is 4.35. The third-order valence-corrected chi connectivity index (χ3v) is 1.41. The van der Waals surface area contributed by atoms with Crippen LogP contribution in [0.25, 0.3) is 0 Å². The van der Waals surface area contributed by atoms with E-state index in [1.165, 1.54) is 0 Å². The van der Waals surface area contributed by atoms with E-state index in [4.69, 9.17) is 10.2 Å². The molecule has 0 aromatic heterocycles. The second kappa shape index (κ2) is 6.63. The number of hydrogen-bond acceptors (Lipinski definition) is 4. The van der Waals surface area contributed by atoms with Gasteiger partial charge < -0.3 is 20.3 Å². The average Bonchev–Trinajstić information content (AvgIpc) is 2.12. The van der Waals surface area contributed by atoms with Crippen LogP contribution in [0.5, 0.6) is 0 Å². The molecule has 0 rings (SSSR count). The lowest BCUT2D eigenvalue weighted by Crippen LogP contribution is -2.42. The van der Waals surface area contributed by atoms with Crippen LogP contribution in [0.4, 0.5) is 4.79 Å². The standard InChI is InChI=1S/C8H13NO6/c1-2-3-15-8(14)9-5(7(12)13)4-6(10)11/h5H,2-4H2,1H3,(H,9,14)(H,10,11)(H,12,13). The number of carbonyl (C=O) groups excluding carboxylic acids is 1. The van der Waals surface area contributed by atoms with Gasteiger partial charge in [-0.3, -0.25) is 4.79 Å². The molecule has 0 aliphatic heterocycles. The second-order valence-corrected chi connectivity index (χ2v) is 2.77. The van der Waals surface area contributed by atoms with Crippen molar-refractivity contribution < 1.29 is 29.3 Å². The fourth-order valence-electron chi connectivity index (χ4n) is 0.753. The van der Waals surface area contributed by atoms with Crippen molar-refractivity contribution >= 4 is 18.0 Å². The van der Waals surface area contributed by atoms with Gasteiger partial charge in [-0.05, 0) is 6.42 Å². The number of carbonyl (C=O) groups is 3. The maximum atomic E-state index is 10.9. The van der Waals surface area contributed by atoms with Crippen LogP contribution in [0.2, 0.25) is 0 Å². The zero-order chi connectivity index (χ0) is 11.8. The number of hydrogen-bond donors (Lipinski definition) is 3. The molecule has 0 aliphatic rings. The number of carboxylic acids is 2. The highest BCUT2D eigenvalue weighted by atomic mass is 16.5. The van der Waals surface area contributed by atoms with Gasteiger partial charge in [0.25, 0.3) is 0 Å². The van der Waals surface area contributed by atoms with Crippen molar-refractivity contribution in [2.45, 2.75) is 25.8 Å². The van der Waals surface area contributed by atoms with Crippen LogP contribution in [-0.2, 0) is 14.3 Å². The number of ether oxygens (including phenoxy) is 1. The Morgan fingerprint density at radius 1 is 1.33 bits per heavy atom. The van der Waals surface area contributed by atoms with Gasteiger partial charge in [-0.15, -0.1) is 0 Å². The highest BCUT2D eigenvalue weighted by Crippen LogP contribution is 1.94. The molecule has 0 fully saturated rings. The number of aliphatic carboxylic acids is 2. The third kappa shape index (κ3) is 6.30. The maximum absolute atomic E-state index is 10.9.